The third kappa shape index (κ3) is 4.16. The van der Waals surface area contributed by atoms with Gasteiger partial charge >= 0.3 is 6.09 Å². The molecule has 0 N–H and O–H groups in total. The lowest BCUT2D eigenvalue weighted by molar-refractivity contribution is 0.0570. The van der Waals surface area contributed by atoms with Crippen molar-refractivity contribution in [3.05, 3.63) is 58.5 Å². The van der Waals surface area contributed by atoms with Gasteiger partial charge < -0.3 is 19.3 Å². The van der Waals surface area contributed by atoms with E-state index in [9.17, 15) is 14.4 Å². The molecule has 0 atom stereocenters. The quantitative estimate of drug-likeness (QED) is 0.801. The van der Waals surface area contributed by atoms with Gasteiger partial charge in [-0.1, -0.05) is 0 Å². The molecule has 148 valence electrons. The van der Waals surface area contributed by atoms with E-state index in [4.69, 9.17) is 9.47 Å². The Bertz CT molecular complexity index is 899. The number of nitrogens with zero attached hydrogens (tertiary/aromatic N) is 3. The van der Waals surface area contributed by atoms with E-state index < -0.39 is 0 Å². The minimum absolute atomic E-state index is 0.175. The molecule has 0 aliphatic carbocycles. The summed E-state index contributed by atoms with van der Waals surface area (Å²) in [5.41, 5.74) is 0.835. The van der Waals surface area contributed by atoms with Crippen LogP contribution in [0.3, 0.4) is 0 Å². The highest BCUT2D eigenvalue weighted by Gasteiger charge is 2.25. The van der Waals surface area contributed by atoms with Gasteiger partial charge in [0.15, 0.2) is 0 Å². The molecule has 0 radical (unpaired) electrons. The van der Waals surface area contributed by atoms with Crippen LogP contribution in [0.4, 0.5) is 4.79 Å². The standard InChI is InChI=1S/C20H23N3O5/c1-3-28-20(26)22-12-10-21(11-13-22)19(25)15-4-9-18(24)23(14-15)16-5-7-17(27-2)8-6-16/h4-9,14H,3,10-13H2,1-2H3. The molecule has 1 aliphatic heterocycles. The Kier molecular flexibility index (Phi) is 5.98. The second-order valence-electron chi connectivity index (χ2n) is 6.30. The summed E-state index contributed by atoms with van der Waals surface area (Å²) in [5, 5.41) is 0. The minimum atomic E-state index is -0.359. The van der Waals surface area contributed by atoms with E-state index in [0.717, 1.165) is 0 Å². The van der Waals surface area contributed by atoms with Gasteiger partial charge in [-0.3, -0.25) is 14.2 Å². The number of pyridine rings is 1. The SMILES string of the molecule is CCOC(=O)N1CCN(C(=O)c2ccc(=O)n(-c3ccc(OC)cc3)c2)CC1. The average Bonchev–Trinajstić information content (AvgIpc) is 2.74. The van der Waals surface area contributed by atoms with Crippen molar-refractivity contribution in [1.29, 1.82) is 0 Å². The fourth-order valence-electron chi connectivity index (χ4n) is 3.05. The number of piperazine rings is 1. The number of aromatic nitrogens is 1. The third-order valence-corrected chi connectivity index (χ3v) is 4.60. The van der Waals surface area contributed by atoms with E-state index in [-0.39, 0.29) is 17.6 Å². The zero-order chi connectivity index (χ0) is 20.1. The Morgan fingerprint density at radius 1 is 0.964 bits per heavy atom. The van der Waals surface area contributed by atoms with E-state index in [1.165, 1.54) is 16.7 Å². The first-order chi connectivity index (χ1) is 13.5. The molecule has 0 saturated carbocycles. The van der Waals surface area contributed by atoms with Gasteiger partial charge in [0.25, 0.3) is 11.5 Å². The summed E-state index contributed by atoms with van der Waals surface area (Å²) >= 11 is 0. The second kappa shape index (κ2) is 8.60. The van der Waals surface area contributed by atoms with Crippen LogP contribution in [0.1, 0.15) is 17.3 Å². The number of methoxy groups -OCH3 is 1. The predicted octanol–water partition coefficient (Wildman–Crippen LogP) is 1.76. The highest BCUT2D eigenvalue weighted by atomic mass is 16.6. The fourth-order valence-corrected chi connectivity index (χ4v) is 3.05. The molecule has 1 aromatic heterocycles. The van der Waals surface area contributed by atoms with Crippen LogP contribution in [0.2, 0.25) is 0 Å². The number of carbonyl (C=O) groups excluding carboxylic acids is 2. The third-order valence-electron chi connectivity index (χ3n) is 4.60. The largest absolute Gasteiger partial charge is 0.497 e. The lowest BCUT2D eigenvalue weighted by atomic mass is 10.2. The molecule has 2 aromatic rings. The van der Waals surface area contributed by atoms with Gasteiger partial charge in [0.1, 0.15) is 5.75 Å². The molecular formula is C20H23N3O5. The van der Waals surface area contributed by atoms with Crippen molar-refractivity contribution in [2.24, 2.45) is 0 Å². The lowest BCUT2D eigenvalue weighted by Gasteiger charge is -2.34. The molecule has 0 bridgehead atoms. The summed E-state index contributed by atoms with van der Waals surface area (Å²) in [5.74, 6) is 0.509. The summed E-state index contributed by atoms with van der Waals surface area (Å²) < 4.78 is 11.6. The molecule has 1 aliphatic rings. The number of amides is 2. The number of hydrogen-bond donors (Lipinski definition) is 0. The van der Waals surface area contributed by atoms with Gasteiger partial charge in [-0.2, -0.15) is 0 Å². The van der Waals surface area contributed by atoms with E-state index in [2.05, 4.69) is 0 Å². The van der Waals surface area contributed by atoms with Crippen molar-refractivity contribution in [3.8, 4) is 11.4 Å². The van der Waals surface area contributed by atoms with Crippen LogP contribution in [-0.4, -0.2) is 66.3 Å². The van der Waals surface area contributed by atoms with Crippen LogP contribution < -0.4 is 10.3 Å². The van der Waals surface area contributed by atoms with Gasteiger partial charge in [-0.05, 0) is 37.3 Å². The van der Waals surface area contributed by atoms with Crippen LogP contribution in [0.5, 0.6) is 5.75 Å². The van der Waals surface area contributed by atoms with E-state index in [1.807, 2.05) is 0 Å². The molecule has 8 nitrogen and oxygen atoms in total. The number of ether oxygens (including phenoxy) is 2. The Balaban J connectivity index is 1.74. The van der Waals surface area contributed by atoms with Crippen molar-refractivity contribution >= 4 is 12.0 Å². The fraction of sp³-hybridized carbons (Fsp3) is 0.350. The summed E-state index contributed by atoms with van der Waals surface area (Å²) in [6, 6.07) is 9.93. The van der Waals surface area contributed by atoms with Crippen molar-refractivity contribution in [1.82, 2.24) is 14.4 Å². The van der Waals surface area contributed by atoms with Gasteiger partial charge in [0.2, 0.25) is 0 Å². The molecule has 2 heterocycles. The normalized spacial score (nSPS) is 13.9. The minimum Gasteiger partial charge on any atom is -0.497 e. The van der Waals surface area contributed by atoms with Crippen LogP contribution in [-0.2, 0) is 4.74 Å². The predicted molar refractivity (Wildman–Crippen MR) is 103 cm³/mol. The van der Waals surface area contributed by atoms with Crippen molar-refractivity contribution < 1.29 is 19.1 Å². The monoisotopic (exact) mass is 385 g/mol. The highest BCUT2D eigenvalue weighted by Crippen LogP contribution is 2.15. The smallest absolute Gasteiger partial charge is 0.409 e. The summed E-state index contributed by atoms with van der Waals surface area (Å²) in [7, 11) is 1.57. The maximum absolute atomic E-state index is 12.9. The van der Waals surface area contributed by atoms with Crippen molar-refractivity contribution in [2.45, 2.75) is 6.92 Å². The molecule has 2 amide bonds. The van der Waals surface area contributed by atoms with Gasteiger partial charge in [-0.15, -0.1) is 0 Å². The lowest BCUT2D eigenvalue weighted by Crippen LogP contribution is -2.50. The van der Waals surface area contributed by atoms with Gasteiger partial charge in [0, 0.05) is 44.1 Å². The first-order valence-electron chi connectivity index (χ1n) is 9.11. The van der Waals surface area contributed by atoms with Crippen molar-refractivity contribution in [2.75, 3.05) is 39.9 Å². The number of hydrogen-bond acceptors (Lipinski definition) is 5. The molecular weight excluding hydrogens is 362 g/mol. The molecule has 3 rings (SSSR count). The molecule has 0 spiro atoms. The van der Waals surface area contributed by atoms with Gasteiger partial charge in [-0.25, -0.2) is 4.79 Å². The Hall–Kier alpha value is -3.29. The molecule has 8 heteroatoms. The Morgan fingerprint density at radius 3 is 2.21 bits per heavy atom. The first kappa shape index (κ1) is 19.5. The first-order valence-corrected chi connectivity index (χ1v) is 9.11. The highest BCUT2D eigenvalue weighted by molar-refractivity contribution is 5.94. The number of carbonyl (C=O) groups is 2. The van der Waals surface area contributed by atoms with Crippen LogP contribution in [0, 0.1) is 0 Å². The van der Waals surface area contributed by atoms with E-state index in [0.29, 0.717) is 49.8 Å². The van der Waals surface area contributed by atoms with Crippen LogP contribution >= 0.6 is 0 Å². The number of benzene rings is 1. The van der Waals surface area contributed by atoms with Crippen LogP contribution in [0.25, 0.3) is 5.69 Å². The topological polar surface area (TPSA) is 81.1 Å². The molecule has 1 saturated heterocycles. The zero-order valence-electron chi connectivity index (χ0n) is 16.0. The maximum Gasteiger partial charge on any atom is 0.409 e. The average molecular weight is 385 g/mol. The zero-order valence-corrected chi connectivity index (χ0v) is 16.0. The maximum atomic E-state index is 12.9. The van der Waals surface area contributed by atoms with E-state index in [1.54, 1.807) is 54.3 Å². The van der Waals surface area contributed by atoms with Crippen molar-refractivity contribution in [3.63, 3.8) is 0 Å². The summed E-state index contributed by atoms with van der Waals surface area (Å²) in [6.07, 6.45) is 1.19. The molecule has 1 aromatic carbocycles. The Morgan fingerprint density at radius 2 is 1.61 bits per heavy atom. The Labute approximate surface area is 162 Å². The number of rotatable bonds is 4. The van der Waals surface area contributed by atoms with E-state index >= 15 is 0 Å². The van der Waals surface area contributed by atoms with Gasteiger partial charge in [0.05, 0.1) is 19.3 Å². The van der Waals surface area contributed by atoms with Crippen LogP contribution in [0.15, 0.2) is 47.4 Å². The molecule has 28 heavy (non-hydrogen) atoms. The summed E-state index contributed by atoms with van der Waals surface area (Å²) in [4.78, 5) is 40.2. The summed E-state index contributed by atoms with van der Waals surface area (Å²) in [6.45, 7) is 3.75. The second-order valence-corrected chi connectivity index (χ2v) is 6.30. The molecule has 1 fully saturated rings. The molecule has 0 unspecified atom stereocenters.